The van der Waals surface area contributed by atoms with Crippen LogP contribution in [0.1, 0.15) is 25.7 Å². The Bertz CT molecular complexity index is 185. The predicted molar refractivity (Wildman–Crippen MR) is 41.7 cm³/mol. The Morgan fingerprint density at radius 3 is 2.67 bits per heavy atom. The molecule has 0 aromatic heterocycles. The molecule has 0 saturated carbocycles. The number of rotatable bonds is 6. The van der Waals surface area contributed by atoms with Gasteiger partial charge in [0, 0.05) is 6.42 Å². The molecule has 0 aliphatic rings. The number of carboxylic acids is 2. The molecule has 0 amide bonds. The van der Waals surface area contributed by atoms with Gasteiger partial charge in [0.1, 0.15) is 6.04 Å². The van der Waals surface area contributed by atoms with Crippen LogP contribution in [0.4, 0.5) is 0 Å². The second-order valence-corrected chi connectivity index (χ2v) is 2.56. The summed E-state index contributed by atoms with van der Waals surface area (Å²) >= 11 is 0. The molecular formula is C7H13NO4. The fourth-order valence-corrected chi connectivity index (χ4v) is 0.757. The number of unbranched alkanes of at least 4 members (excludes halogenated alkanes) is 1. The van der Waals surface area contributed by atoms with Gasteiger partial charge < -0.3 is 15.9 Å². The van der Waals surface area contributed by atoms with Crippen molar-refractivity contribution in [3.63, 3.8) is 0 Å². The van der Waals surface area contributed by atoms with E-state index < -0.39 is 18.0 Å². The predicted octanol–water partition coefficient (Wildman–Crippen LogP) is 0.0433. The van der Waals surface area contributed by atoms with Gasteiger partial charge in [-0.3, -0.25) is 9.59 Å². The molecule has 0 unspecified atom stereocenters. The minimum Gasteiger partial charge on any atom is -0.481 e. The van der Waals surface area contributed by atoms with E-state index in [1.54, 1.807) is 0 Å². The van der Waals surface area contributed by atoms with Crippen LogP contribution in [-0.4, -0.2) is 28.2 Å². The quantitative estimate of drug-likeness (QED) is 0.496. The van der Waals surface area contributed by atoms with Crippen molar-refractivity contribution in [3.8, 4) is 0 Å². The Balaban J connectivity index is 3.35. The zero-order valence-corrected chi connectivity index (χ0v) is 6.66. The summed E-state index contributed by atoms with van der Waals surface area (Å²) in [5.74, 6) is -1.65. The topological polar surface area (TPSA) is 101 Å². The number of hydrogen-bond acceptors (Lipinski definition) is 4. The molecule has 0 saturated heterocycles. The van der Waals surface area contributed by atoms with Crippen LogP contribution in [0.2, 0.25) is 0 Å². The van der Waals surface area contributed by atoms with Gasteiger partial charge >= 0.3 is 11.9 Å². The van der Waals surface area contributed by atoms with Crippen molar-refractivity contribution >= 4 is 11.9 Å². The maximum absolute atomic E-state index is 10.4. The zero-order chi connectivity index (χ0) is 10.3. The summed E-state index contributed by atoms with van der Waals surface area (Å²) in [6.45, 7) is 0. The molecular weight excluding hydrogens is 162 g/mol. The highest BCUT2D eigenvalue weighted by Gasteiger charge is 2.10. The molecule has 0 rings (SSSR count). The van der Waals surface area contributed by atoms with Crippen LogP contribution in [0.15, 0.2) is 0 Å². The Kier molecular flexibility index (Phi) is 4.15. The van der Waals surface area contributed by atoms with E-state index in [0.717, 1.165) is 0 Å². The van der Waals surface area contributed by atoms with Crippen LogP contribution >= 0.6 is 0 Å². The molecule has 1 atom stereocenters. The molecule has 0 fully saturated rings. The monoisotopic (exact) mass is 176 g/mol. The van der Waals surface area contributed by atoms with Crippen molar-refractivity contribution in [2.75, 3.05) is 0 Å². The van der Waals surface area contributed by atoms with Crippen molar-refractivity contribution in [1.82, 2.24) is 0 Å². The Morgan fingerprint density at radius 1 is 1.50 bits per heavy atom. The third kappa shape index (κ3) is 5.67. The lowest BCUT2D eigenvalue weighted by atomic mass is 10.1. The fraction of sp³-hybridized carbons (Fsp3) is 0.714. The van der Waals surface area contributed by atoms with E-state index in [4.69, 9.17) is 12.3 Å². The molecule has 0 radical (unpaired) electrons. The fourth-order valence-electron chi connectivity index (χ4n) is 0.757. The van der Waals surface area contributed by atoms with E-state index in [1.807, 2.05) is 0 Å². The summed E-state index contributed by atoms with van der Waals surface area (Å²) in [7, 11) is 0. The van der Waals surface area contributed by atoms with Gasteiger partial charge in [0.2, 0.25) is 0 Å². The molecule has 5 heteroatoms. The van der Waals surface area contributed by atoms with Crippen molar-refractivity contribution in [2.45, 2.75) is 31.7 Å². The number of aliphatic carboxylic acids is 2. The molecule has 70 valence electrons. The van der Waals surface area contributed by atoms with Crippen LogP contribution < -0.4 is 5.73 Å². The zero-order valence-electron chi connectivity index (χ0n) is 7.66. The first-order chi connectivity index (χ1) is 6.07. The van der Waals surface area contributed by atoms with Gasteiger partial charge in [0.05, 0.1) is 0 Å². The maximum Gasteiger partial charge on any atom is 0.320 e. The standard InChI is InChI=1S/C7H13NO4/c8-5(7(11)12)3-1-2-4-6(9)10/h5H,1-4,8H2,(H,9,10)(H,11,12)/t5-/m1/s1/i/hD. The van der Waals surface area contributed by atoms with Crippen LogP contribution in [0.25, 0.3) is 1.43 Å². The lowest BCUT2D eigenvalue weighted by Gasteiger charge is -2.03. The minimum atomic E-state index is -1.04. The average Bonchev–Trinajstić information content (AvgIpc) is 2.11. The number of nitrogens with two attached hydrogens (primary N) is 1. The van der Waals surface area contributed by atoms with E-state index in [9.17, 15) is 9.59 Å². The van der Waals surface area contributed by atoms with Gasteiger partial charge in [-0.2, -0.15) is 0 Å². The molecule has 0 heterocycles. The third-order valence-electron chi connectivity index (χ3n) is 1.46. The number of carboxylic acid groups (broad SMARTS) is 2. The summed E-state index contributed by atoms with van der Waals surface area (Å²) in [6, 6.07) is -0.868. The largest absolute Gasteiger partial charge is 0.481 e. The van der Waals surface area contributed by atoms with E-state index in [0.29, 0.717) is 19.3 Å². The summed E-state index contributed by atoms with van der Waals surface area (Å²) in [5.41, 5.74) is 5.21. The summed E-state index contributed by atoms with van der Waals surface area (Å²) in [5, 5.41) is 12.1. The molecule has 12 heavy (non-hydrogen) atoms. The lowest BCUT2D eigenvalue weighted by molar-refractivity contribution is -0.138. The van der Waals surface area contributed by atoms with Gasteiger partial charge in [-0.25, -0.2) is 0 Å². The van der Waals surface area contributed by atoms with E-state index >= 15 is 0 Å². The minimum absolute atomic E-state index is 0.135. The van der Waals surface area contributed by atoms with Crippen molar-refractivity contribution in [1.29, 1.82) is 1.43 Å². The molecule has 0 aliphatic heterocycles. The highest BCUT2D eigenvalue weighted by molar-refractivity contribution is 5.73. The lowest BCUT2D eigenvalue weighted by Crippen LogP contribution is -2.29. The maximum atomic E-state index is 10.4. The molecule has 5 nitrogen and oxygen atoms in total. The van der Waals surface area contributed by atoms with Crippen LogP contribution in [0, 0.1) is 0 Å². The second-order valence-electron chi connectivity index (χ2n) is 2.56. The van der Waals surface area contributed by atoms with Crippen molar-refractivity contribution in [3.05, 3.63) is 0 Å². The summed E-state index contributed by atoms with van der Waals surface area (Å²) in [4.78, 5) is 20.7. The number of carbonyl (C=O) groups is 2. The van der Waals surface area contributed by atoms with Gasteiger partial charge in [-0.1, -0.05) is 6.42 Å². The highest BCUT2D eigenvalue weighted by Crippen LogP contribution is 2.02. The van der Waals surface area contributed by atoms with Crippen molar-refractivity contribution < 1.29 is 19.8 Å². The second kappa shape index (κ2) is 5.54. The van der Waals surface area contributed by atoms with Gasteiger partial charge in [-0.05, 0) is 12.8 Å². The van der Waals surface area contributed by atoms with Crippen molar-refractivity contribution in [2.24, 2.45) is 5.73 Å². The first-order valence-electron chi connectivity index (χ1n) is 4.13. The highest BCUT2D eigenvalue weighted by atomic mass is 16.4. The average molecular weight is 176 g/mol. The summed E-state index contributed by atoms with van der Waals surface area (Å²) in [6.07, 6.45) is 1.51. The first kappa shape index (κ1) is 8.99. The van der Waals surface area contributed by atoms with Crippen LogP contribution in [0.5, 0.6) is 0 Å². The molecule has 0 aromatic rings. The SMILES string of the molecule is [2H]OC(=O)CCCC[C@@H](N)C(=O)O. The molecule has 0 aromatic carbocycles. The molecule has 4 N–H and O–H groups in total. The van der Waals surface area contributed by atoms with E-state index in [-0.39, 0.29) is 6.42 Å². The summed E-state index contributed by atoms with van der Waals surface area (Å²) < 4.78 is 6.23. The van der Waals surface area contributed by atoms with Gasteiger partial charge in [0.15, 0.2) is 0 Å². The van der Waals surface area contributed by atoms with E-state index in [1.165, 1.54) is 0 Å². The van der Waals surface area contributed by atoms with Gasteiger partial charge in [0.25, 0.3) is 1.43 Å². The van der Waals surface area contributed by atoms with Crippen LogP contribution in [-0.2, 0) is 9.59 Å². The van der Waals surface area contributed by atoms with Gasteiger partial charge in [-0.15, -0.1) is 0 Å². The smallest absolute Gasteiger partial charge is 0.320 e. The van der Waals surface area contributed by atoms with Crippen LogP contribution in [0.3, 0.4) is 0 Å². The molecule has 0 bridgehead atoms. The first-order valence-corrected chi connectivity index (χ1v) is 3.72. The van der Waals surface area contributed by atoms with E-state index in [2.05, 4.69) is 5.11 Å². The molecule has 0 spiro atoms. The Labute approximate surface area is 71.7 Å². The third-order valence-corrected chi connectivity index (χ3v) is 1.46. The number of hydrogen-bond donors (Lipinski definition) is 3. The Morgan fingerprint density at radius 2 is 2.17 bits per heavy atom. The normalized spacial score (nSPS) is 13.2. The molecule has 0 aliphatic carbocycles. The Hall–Kier alpha value is -1.10.